The fraction of sp³-hybridized carbons (Fsp3) is 1.00. The molecule has 68 valence electrons. The van der Waals surface area contributed by atoms with E-state index in [9.17, 15) is 10.2 Å². The highest BCUT2D eigenvalue weighted by atomic mass is 16.3. The van der Waals surface area contributed by atoms with Crippen LogP contribution in [0.4, 0.5) is 0 Å². The Labute approximate surface area is 67.7 Å². The van der Waals surface area contributed by atoms with Crippen molar-refractivity contribution in [1.82, 2.24) is 0 Å². The maximum atomic E-state index is 9.50. The summed E-state index contributed by atoms with van der Waals surface area (Å²) in [4.78, 5) is 0. The first-order valence-corrected chi connectivity index (χ1v) is 4.03. The zero-order valence-corrected chi connectivity index (χ0v) is 7.25. The fourth-order valence-corrected chi connectivity index (χ4v) is 0.995. The van der Waals surface area contributed by atoms with E-state index in [-0.39, 0.29) is 6.61 Å². The van der Waals surface area contributed by atoms with Crippen molar-refractivity contribution in [3.05, 3.63) is 0 Å². The van der Waals surface area contributed by atoms with Gasteiger partial charge in [0.25, 0.3) is 0 Å². The second-order valence-corrected chi connectivity index (χ2v) is 3.24. The molecular weight excluding hydrogens is 144 g/mol. The molecule has 0 aliphatic carbocycles. The van der Waals surface area contributed by atoms with Gasteiger partial charge in [-0.25, -0.2) is 0 Å². The van der Waals surface area contributed by atoms with Crippen molar-refractivity contribution in [2.24, 2.45) is 0 Å². The summed E-state index contributed by atoms with van der Waals surface area (Å²) in [6.45, 7) is 3.45. The number of rotatable bonds is 5. The molecule has 0 aliphatic heterocycles. The monoisotopic (exact) mass is 162 g/mol. The molecule has 0 bridgehead atoms. The molecule has 3 heteroatoms. The molecule has 0 spiro atoms. The van der Waals surface area contributed by atoms with E-state index in [2.05, 4.69) is 0 Å². The van der Waals surface area contributed by atoms with E-state index in [0.717, 1.165) is 0 Å². The topological polar surface area (TPSA) is 60.7 Å². The quantitative estimate of drug-likeness (QED) is 0.544. The number of aliphatic hydroxyl groups excluding tert-OH is 2. The second kappa shape index (κ2) is 4.70. The van der Waals surface area contributed by atoms with Crippen LogP contribution in [0.15, 0.2) is 0 Å². The van der Waals surface area contributed by atoms with Gasteiger partial charge >= 0.3 is 0 Å². The van der Waals surface area contributed by atoms with Crippen molar-refractivity contribution >= 4 is 0 Å². The molecule has 0 aromatic rings. The third kappa shape index (κ3) is 5.18. The van der Waals surface area contributed by atoms with Crippen molar-refractivity contribution in [2.75, 3.05) is 6.61 Å². The van der Waals surface area contributed by atoms with Crippen LogP contribution in [0.3, 0.4) is 0 Å². The first kappa shape index (κ1) is 10.9. The van der Waals surface area contributed by atoms with Gasteiger partial charge in [0.1, 0.15) is 0 Å². The van der Waals surface area contributed by atoms with Crippen LogP contribution < -0.4 is 0 Å². The molecule has 2 unspecified atom stereocenters. The van der Waals surface area contributed by atoms with Gasteiger partial charge < -0.3 is 15.3 Å². The average Bonchev–Trinajstić information content (AvgIpc) is 1.86. The van der Waals surface area contributed by atoms with Crippen LogP contribution in [0.5, 0.6) is 0 Å². The van der Waals surface area contributed by atoms with Crippen molar-refractivity contribution in [3.63, 3.8) is 0 Å². The zero-order chi connectivity index (χ0) is 8.91. The maximum absolute atomic E-state index is 9.50. The van der Waals surface area contributed by atoms with Crippen molar-refractivity contribution < 1.29 is 15.3 Å². The Bertz CT molecular complexity index is 102. The minimum Gasteiger partial charge on any atom is -0.396 e. The number of aliphatic hydroxyl groups is 3. The van der Waals surface area contributed by atoms with E-state index in [0.29, 0.717) is 19.3 Å². The molecule has 0 rings (SSSR count). The summed E-state index contributed by atoms with van der Waals surface area (Å²) >= 11 is 0. The van der Waals surface area contributed by atoms with Crippen molar-refractivity contribution in [2.45, 2.75) is 44.8 Å². The van der Waals surface area contributed by atoms with Gasteiger partial charge in [0.2, 0.25) is 0 Å². The molecule has 0 saturated heterocycles. The molecule has 0 fully saturated rings. The standard InChI is InChI=1S/C8H18O3/c1-3-7(10)6-8(2,11)4-5-9/h7,9-11H,3-6H2,1-2H3. The largest absolute Gasteiger partial charge is 0.396 e. The predicted octanol–water partition coefficient (Wildman–Crippen LogP) is 0.281. The molecule has 0 amide bonds. The third-order valence-corrected chi connectivity index (χ3v) is 1.80. The van der Waals surface area contributed by atoms with E-state index in [1.807, 2.05) is 6.92 Å². The van der Waals surface area contributed by atoms with Crippen molar-refractivity contribution in [1.29, 1.82) is 0 Å². The summed E-state index contributed by atoms with van der Waals surface area (Å²) in [5.41, 5.74) is -0.926. The van der Waals surface area contributed by atoms with Crippen LogP contribution >= 0.6 is 0 Å². The van der Waals surface area contributed by atoms with Gasteiger partial charge in [-0.3, -0.25) is 0 Å². The fourth-order valence-electron chi connectivity index (χ4n) is 0.995. The summed E-state index contributed by atoms with van der Waals surface area (Å²) in [5.74, 6) is 0. The molecule has 3 nitrogen and oxygen atoms in total. The molecule has 0 heterocycles. The highest BCUT2D eigenvalue weighted by molar-refractivity contribution is 4.75. The summed E-state index contributed by atoms with van der Waals surface area (Å²) in [7, 11) is 0. The summed E-state index contributed by atoms with van der Waals surface area (Å²) in [6, 6.07) is 0. The highest BCUT2D eigenvalue weighted by Crippen LogP contribution is 2.17. The van der Waals surface area contributed by atoms with Gasteiger partial charge in [-0.15, -0.1) is 0 Å². The van der Waals surface area contributed by atoms with Crippen LogP contribution in [0, 0.1) is 0 Å². The minimum atomic E-state index is -0.926. The molecule has 0 radical (unpaired) electrons. The molecule has 0 aromatic heterocycles. The Hall–Kier alpha value is -0.120. The van der Waals surface area contributed by atoms with E-state index in [1.165, 1.54) is 0 Å². The Morgan fingerprint density at radius 2 is 2.00 bits per heavy atom. The van der Waals surface area contributed by atoms with E-state index in [4.69, 9.17) is 5.11 Å². The van der Waals surface area contributed by atoms with Crippen LogP contribution in [-0.4, -0.2) is 33.6 Å². The Kier molecular flexibility index (Phi) is 4.65. The van der Waals surface area contributed by atoms with Crippen LogP contribution in [0.2, 0.25) is 0 Å². The van der Waals surface area contributed by atoms with Gasteiger partial charge in [-0.1, -0.05) is 6.92 Å². The summed E-state index contributed by atoms with van der Waals surface area (Å²) in [6.07, 6.45) is 0.840. The lowest BCUT2D eigenvalue weighted by Gasteiger charge is -2.24. The smallest absolute Gasteiger partial charge is 0.0666 e. The molecule has 11 heavy (non-hydrogen) atoms. The lowest BCUT2D eigenvalue weighted by Crippen LogP contribution is -2.30. The molecule has 0 aliphatic rings. The maximum Gasteiger partial charge on any atom is 0.0666 e. The summed E-state index contributed by atoms with van der Waals surface area (Å²) in [5, 5.41) is 27.2. The predicted molar refractivity (Wildman–Crippen MR) is 43.2 cm³/mol. The molecule has 2 atom stereocenters. The Morgan fingerprint density at radius 1 is 1.45 bits per heavy atom. The van der Waals surface area contributed by atoms with Crippen LogP contribution in [0.25, 0.3) is 0 Å². The van der Waals surface area contributed by atoms with Gasteiger partial charge in [-0.05, 0) is 19.8 Å². The Morgan fingerprint density at radius 3 is 2.36 bits per heavy atom. The lowest BCUT2D eigenvalue weighted by molar-refractivity contribution is -0.0136. The SMILES string of the molecule is CCC(O)CC(C)(O)CCO. The van der Waals surface area contributed by atoms with Crippen molar-refractivity contribution in [3.8, 4) is 0 Å². The molecule has 0 aromatic carbocycles. The van der Waals surface area contributed by atoms with Gasteiger partial charge in [0, 0.05) is 13.0 Å². The molecular formula is C8H18O3. The lowest BCUT2D eigenvalue weighted by atomic mass is 9.94. The Balaban J connectivity index is 3.70. The van der Waals surface area contributed by atoms with Crippen LogP contribution in [0.1, 0.15) is 33.1 Å². The van der Waals surface area contributed by atoms with E-state index < -0.39 is 11.7 Å². The summed E-state index contributed by atoms with van der Waals surface area (Å²) < 4.78 is 0. The average molecular weight is 162 g/mol. The van der Waals surface area contributed by atoms with Gasteiger partial charge in [-0.2, -0.15) is 0 Å². The molecule has 0 saturated carbocycles. The first-order chi connectivity index (χ1) is 5.02. The van der Waals surface area contributed by atoms with E-state index in [1.54, 1.807) is 6.92 Å². The van der Waals surface area contributed by atoms with E-state index >= 15 is 0 Å². The second-order valence-electron chi connectivity index (χ2n) is 3.24. The number of hydrogen-bond donors (Lipinski definition) is 3. The third-order valence-electron chi connectivity index (χ3n) is 1.80. The minimum absolute atomic E-state index is 0.0383. The normalized spacial score (nSPS) is 19.4. The van der Waals surface area contributed by atoms with Gasteiger partial charge in [0.05, 0.1) is 11.7 Å². The number of hydrogen-bond acceptors (Lipinski definition) is 3. The zero-order valence-electron chi connectivity index (χ0n) is 7.25. The van der Waals surface area contributed by atoms with Gasteiger partial charge in [0.15, 0.2) is 0 Å². The highest BCUT2D eigenvalue weighted by Gasteiger charge is 2.22. The molecule has 3 N–H and O–H groups in total. The van der Waals surface area contributed by atoms with Crippen LogP contribution in [-0.2, 0) is 0 Å². The first-order valence-electron chi connectivity index (χ1n) is 4.03.